The Hall–Kier alpha value is -0.860. The predicted octanol–water partition coefficient (Wildman–Crippen LogP) is 16.5. The van der Waals surface area contributed by atoms with E-state index in [-0.39, 0.29) is 74.7 Å². The molecule has 0 aliphatic heterocycles. The van der Waals surface area contributed by atoms with E-state index in [0.717, 1.165) is 77.0 Å². The summed E-state index contributed by atoms with van der Waals surface area (Å²) in [5.74, 6) is -2.12. The Bertz CT molecular complexity index is 988. The number of unbranched alkanes of at least 4 members (excludes halogenated alkanes) is 36. The Labute approximate surface area is 458 Å². The Balaban J connectivity index is -0.00000124. The predicted molar refractivity (Wildman–Crippen MR) is 289 cm³/mol. The summed E-state index contributed by atoms with van der Waals surface area (Å²) in [5, 5.41) is 21.3. The molecule has 0 aromatic heterocycles. The number of aliphatic carboxylic acids is 2. The van der Waals surface area contributed by atoms with E-state index in [0.29, 0.717) is 25.7 Å². The summed E-state index contributed by atoms with van der Waals surface area (Å²) in [5.41, 5.74) is 0. The van der Waals surface area contributed by atoms with Crippen molar-refractivity contribution in [2.75, 3.05) is 0 Å². The second-order valence-electron chi connectivity index (χ2n) is 20.6. The third kappa shape index (κ3) is 63.2. The minimum atomic E-state index is -0.992. The summed E-state index contributed by atoms with van der Waals surface area (Å²) in [7, 11) is 0. The van der Waals surface area contributed by atoms with Crippen molar-refractivity contribution in [1.29, 1.82) is 0 Å². The summed E-state index contributed by atoms with van der Waals surface area (Å²) in [6.07, 6.45) is 55.5. The molecule has 0 radical (unpaired) electrons. The third-order valence-corrected chi connectivity index (χ3v) is 13.6. The van der Waals surface area contributed by atoms with Crippen LogP contribution in [0.3, 0.4) is 0 Å². The van der Waals surface area contributed by atoms with E-state index in [2.05, 4.69) is 27.7 Å². The van der Waals surface area contributed by atoms with Crippen LogP contribution in [0.15, 0.2) is 0 Å². The molecule has 0 N–H and O–H groups in total. The molecule has 0 spiro atoms. The monoisotopic (exact) mass is 1000 g/mol. The zero-order valence-electron chi connectivity index (χ0n) is 46.5. The second-order valence-corrected chi connectivity index (χ2v) is 20.6. The van der Waals surface area contributed by atoms with E-state index in [1.165, 1.54) is 205 Å². The first-order valence-corrected chi connectivity index (χ1v) is 30.0. The standard InChI is InChI=1S/2C30H58O4.Ca/c2*1-3-5-7-9-11-13-15-16-18-20-24-28(25-22-23-26-29(31)32)34-30(33)27-21-19-17-14-12-10-8-6-4-2;/h2*28H,3-27H2,1-2H3,(H,31,32);/q;;+2/p-2. The minimum Gasteiger partial charge on any atom is -0.550 e. The van der Waals surface area contributed by atoms with Gasteiger partial charge in [0, 0.05) is 24.8 Å². The molecule has 69 heavy (non-hydrogen) atoms. The van der Waals surface area contributed by atoms with Crippen LogP contribution in [-0.4, -0.2) is 73.8 Å². The average molecular weight is 1000 g/mol. The Kier molecular flexibility index (Phi) is 64.5. The third-order valence-electron chi connectivity index (χ3n) is 13.6. The topological polar surface area (TPSA) is 133 Å². The number of carbonyl (C=O) groups is 4. The number of carbonyl (C=O) groups excluding carboxylic acids is 4. The van der Waals surface area contributed by atoms with Gasteiger partial charge in [0.25, 0.3) is 0 Å². The minimum absolute atomic E-state index is 0. The van der Waals surface area contributed by atoms with Crippen molar-refractivity contribution in [3.8, 4) is 0 Å². The van der Waals surface area contributed by atoms with Crippen molar-refractivity contribution in [2.24, 2.45) is 0 Å². The van der Waals surface area contributed by atoms with E-state index < -0.39 is 11.9 Å². The number of carboxylic acid groups (broad SMARTS) is 2. The molecule has 0 saturated carbocycles. The number of ether oxygens (including phenoxy) is 2. The molecule has 0 aromatic carbocycles. The fourth-order valence-electron chi connectivity index (χ4n) is 9.18. The molecule has 0 aromatic rings. The molecule has 0 aliphatic rings. The van der Waals surface area contributed by atoms with Crippen molar-refractivity contribution in [3.63, 3.8) is 0 Å². The maximum atomic E-state index is 12.4. The maximum absolute atomic E-state index is 12.4. The molecule has 8 nitrogen and oxygen atoms in total. The van der Waals surface area contributed by atoms with Crippen LogP contribution in [0.2, 0.25) is 0 Å². The molecule has 9 heteroatoms. The number of hydrogen-bond donors (Lipinski definition) is 0. The first-order chi connectivity index (χ1) is 33.2. The Morgan fingerprint density at radius 3 is 0.667 bits per heavy atom. The van der Waals surface area contributed by atoms with E-state index >= 15 is 0 Å². The van der Waals surface area contributed by atoms with E-state index in [1.807, 2.05) is 0 Å². The van der Waals surface area contributed by atoms with Gasteiger partial charge in [-0.3, -0.25) is 9.59 Å². The molecular weight excluding hydrogens is 889 g/mol. The molecule has 0 amide bonds. The van der Waals surface area contributed by atoms with Crippen LogP contribution in [-0.2, 0) is 28.7 Å². The molecule has 0 aliphatic carbocycles. The average Bonchev–Trinajstić information content (AvgIpc) is 3.31. The largest absolute Gasteiger partial charge is 2.00 e. The number of esters is 2. The van der Waals surface area contributed by atoms with Crippen LogP contribution in [0.25, 0.3) is 0 Å². The van der Waals surface area contributed by atoms with Gasteiger partial charge in [0.15, 0.2) is 0 Å². The van der Waals surface area contributed by atoms with Crippen molar-refractivity contribution >= 4 is 61.6 Å². The molecule has 2 atom stereocenters. The van der Waals surface area contributed by atoms with Crippen LogP contribution in [0.5, 0.6) is 0 Å². The first-order valence-electron chi connectivity index (χ1n) is 30.0. The summed E-state index contributed by atoms with van der Waals surface area (Å²) in [6, 6.07) is 0. The molecule has 2 unspecified atom stereocenters. The molecular formula is C60H114CaO8. The van der Waals surface area contributed by atoms with Crippen molar-refractivity contribution in [2.45, 2.75) is 361 Å². The maximum Gasteiger partial charge on any atom is 2.00 e. The van der Waals surface area contributed by atoms with Gasteiger partial charge in [-0.25, -0.2) is 0 Å². The molecule has 0 bridgehead atoms. The number of carboxylic acids is 2. The van der Waals surface area contributed by atoms with Crippen LogP contribution >= 0.6 is 0 Å². The first kappa shape index (κ1) is 72.4. The smallest absolute Gasteiger partial charge is 0.550 e. The number of rotatable bonds is 54. The van der Waals surface area contributed by atoms with Gasteiger partial charge >= 0.3 is 49.7 Å². The Morgan fingerprint density at radius 1 is 0.275 bits per heavy atom. The fourth-order valence-corrected chi connectivity index (χ4v) is 9.18. The summed E-state index contributed by atoms with van der Waals surface area (Å²) in [4.78, 5) is 46.0. The fraction of sp³-hybridized carbons (Fsp3) is 0.933. The van der Waals surface area contributed by atoms with Crippen LogP contribution < -0.4 is 10.2 Å². The van der Waals surface area contributed by atoms with Gasteiger partial charge in [-0.2, -0.15) is 0 Å². The van der Waals surface area contributed by atoms with Gasteiger partial charge in [-0.05, 0) is 89.9 Å². The van der Waals surface area contributed by atoms with Gasteiger partial charge in [0.05, 0.1) is 0 Å². The van der Waals surface area contributed by atoms with Crippen molar-refractivity contribution in [3.05, 3.63) is 0 Å². The van der Waals surface area contributed by atoms with Crippen LogP contribution in [0, 0.1) is 0 Å². The zero-order chi connectivity index (χ0) is 50.2. The van der Waals surface area contributed by atoms with E-state index in [4.69, 9.17) is 9.47 Å². The summed E-state index contributed by atoms with van der Waals surface area (Å²) < 4.78 is 11.6. The van der Waals surface area contributed by atoms with Crippen molar-refractivity contribution in [1.82, 2.24) is 0 Å². The van der Waals surface area contributed by atoms with Gasteiger partial charge < -0.3 is 29.3 Å². The second kappa shape index (κ2) is 61.4. The number of hydrogen-bond acceptors (Lipinski definition) is 8. The quantitative estimate of drug-likeness (QED) is 0.0334. The summed E-state index contributed by atoms with van der Waals surface area (Å²) >= 11 is 0. The van der Waals surface area contributed by atoms with Crippen LogP contribution in [0.4, 0.5) is 0 Å². The molecule has 404 valence electrons. The van der Waals surface area contributed by atoms with Gasteiger partial charge in [-0.15, -0.1) is 0 Å². The van der Waals surface area contributed by atoms with E-state index in [1.54, 1.807) is 0 Å². The Morgan fingerprint density at radius 2 is 0.449 bits per heavy atom. The molecule has 0 saturated heterocycles. The van der Waals surface area contributed by atoms with Gasteiger partial charge in [-0.1, -0.05) is 246 Å². The summed E-state index contributed by atoms with van der Waals surface area (Å²) in [6.45, 7) is 9.00. The van der Waals surface area contributed by atoms with E-state index in [9.17, 15) is 29.4 Å². The van der Waals surface area contributed by atoms with Crippen LogP contribution in [0.1, 0.15) is 349 Å². The van der Waals surface area contributed by atoms with Gasteiger partial charge in [0.1, 0.15) is 12.2 Å². The molecule has 0 heterocycles. The zero-order valence-corrected chi connectivity index (χ0v) is 48.7. The molecule has 0 rings (SSSR count). The molecule has 0 fully saturated rings. The van der Waals surface area contributed by atoms with Crippen molar-refractivity contribution < 1.29 is 38.9 Å². The van der Waals surface area contributed by atoms with Gasteiger partial charge in [0.2, 0.25) is 0 Å². The normalized spacial score (nSPS) is 11.9. The SMILES string of the molecule is CCCCCCCCCCCCC(CCCCC(=O)[O-])OC(=O)CCCCCCCCCCC.CCCCCCCCCCCCC(CCCCC(=O)[O-])OC(=O)CCCCCCCCCCC.[Ca+2].